The van der Waals surface area contributed by atoms with Crippen molar-refractivity contribution in [2.24, 2.45) is 70.8 Å². The van der Waals surface area contributed by atoms with E-state index in [9.17, 15) is 113 Å². The molecule has 0 unspecified atom stereocenters. The van der Waals surface area contributed by atoms with Crippen LogP contribution < -0.4 is 21.7 Å². The summed E-state index contributed by atoms with van der Waals surface area (Å²) in [7, 11) is 4.69. The van der Waals surface area contributed by atoms with E-state index in [0.29, 0.717) is 121 Å². The van der Waals surface area contributed by atoms with Crippen LogP contribution in [0.3, 0.4) is 0 Å². The predicted molar refractivity (Wildman–Crippen MR) is 455 cm³/mol. The summed E-state index contributed by atoms with van der Waals surface area (Å²) in [6.45, 7) is 11.7. The molecule has 128 heavy (non-hydrogen) atoms. The number of H-pyrrole nitrogens is 3. The first-order valence-corrected chi connectivity index (χ1v) is 43.5. The van der Waals surface area contributed by atoms with Gasteiger partial charge < -0.3 is 56.4 Å². The number of Topliss-reactive ketones (excluding diaryl/α,β-unsaturated/α-hetero) is 5. The van der Waals surface area contributed by atoms with Gasteiger partial charge in [-0.2, -0.15) is 15.8 Å². The number of carbonyl (C=O) groups is 12. The molecule has 0 aliphatic carbocycles. The Labute approximate surface area is 742 Å². The van der Waals surface area contributed by atoms with Crippen LogP contribution >= 0.6 is 12.4 Å². The van der Waals surface area contributed by atoms with Gasteiger partial charge >= 0.3 is 5.97 Å². The van der Waals surface area contributed by atoms with Crippen molar-refractivity contribution < 1.29 is 102 Å². The number of halogens is 10. The molecule has 6 aliphatic rings. The second kappa shape index (κ2) is 45.8. The summed E-state index contributed by atoms with van der Waals surface area (Å²) < 4.78 is 123. The van der Waals surface area contributed by atoms with Gasteiger partial charge in [0.2, 0.25) is 35.4 Å². The number of likely N-dealkylation sites (N-methyl/N-ethyl adjacent to an activating group) is 3. The fourth-order valence-corrected chi connectivity index (χ4v) is 18.2. The van der Waals surface area contributed by atoms with Crippen LogP contribution in [0.2, 0.25) is 0 Å². The summed E-state index contributed by atoms with van der Waals surface area (Å²) in [5.74, 6) is -19.6. The number of hydrogen-bond acceptors (Lipinski definition) is 16. The molecule has 15 atom stereocenters. The number of rotatable bonds is 13. The number of fused-ring (bicyclic) bond motifs is 9. The van der Waals surface area contributed by atoms with Crippen LogP contribution in [0.5, 0.6) is 0 Å². The molecule has 0 radical (unpaired) electrons. The maximum absolute atomic E-state index is 14.3. The highest BCUT2D eigenvalue weighted by Gasteiger charge is 2.43. The molecule has 0 saturated carbocycles. The number of ketones is 5. The third kappa shape index (κ3) is 26.0. The highest BCUT2D eigenvalue weighted by atomic mass is 35.5. The molecule has 6 amide bonds. The minimum absolute atomic E-state index is 0. The summed E-state index contributed by atoms with van der Waals surface area (Å²) in [6, 6.07) is 8.04. The molecule has 6 fully saturated rings. The Balaban J connectivity index is 0.000000222. The van der Waals surface area contributed by atoms with Gasteiger partial charge in [-0.3, -0.25) is 52.7 Å². The van der Waals surface area contributed by atoms with Crippen LogP contribution in [0.4, 0.5) is 39.5 Å². The molecule has 12 rings (SSSR count). The third-order valence-corrected chi connectivity index (χ3v) is 25.1. The Hall–Kier alpha value is -11.0. The van der Waals surface area contributed by atoms with Crippen molar-refractivity contribution in [2.45, 2.75) is 251 Å². The number of aromatic amines is 3. The van der Waals surface area contributed by atoms with Gasteiger partial charge in [-0.05, 0) is 132 Å². The van der Waals surface area contributed by atoms with Crippen molar-refractivity contribution in [3.05, 3.63) is 106 Å². The molecule has 6 aliphatic heterocycles. The van der Waals surface area contributed by atoms with Crippen LogP contribution in [0, 0.1) is 151 Å². The molecular weight excluding hydrogens is 1700 g/mol. The molecule has 9 N–H and O–H groups in total. The number of nitrogens with two attached hydrogens (primary N) is 1. The molecule has 36 heteroatoms. The molecule has 3 aromatic carbocycles. The number of carbonyl (C=O) groups excluding carboxylic acids is 11. The van der Waals surface area contributed by atoms with Gasteiger partial charge in [0, 0.05) is 135 Å². The number of hydrogen-bond donors (Lipinski definition) is 8. The molecule has 26 nitrogen and oxygen atoms in total. The number of nitrogens with zero attached hydrogens (tertiary/aromatic N) is 6. The zero-order valence-electron chi connectivity index (χ0n) is 73.2. The highest BCUT2D eigenvalue weighted by Crippen LogP contribution is 2.37. The number of nitriles is 3. The second-order valence-corrected chi connectivity index (χ2v) is 36.2. The van der Waals surface area contributed by atoms with Gasteiger partial charge in [0.25, 0.3) is 0 Å². The zero-order chi connectivity index (χ0) is 93.4. The van der Waals surface area contributed by atoms with E-state index in [1.54, 1.807) is 7.05 Å². The number of aromatic carboxylic acids is 1. The minimum atomic E-state index is -1.39. The van der Waals surface area contributed by atoms with E-state index in [-0.39, 0.29) is 180 Å². The number of benzene rings is 3. The first kappa shape index (κ1) is 102. The van der Waals surface area contributed by atoms with Crippen LogP contribution in [0.25, 0.3) is 32.7 Å². The molecular formula is C92H113ClF9N13O13. The SMILES string of the molecule is CC(C)C[C@H]1C(=O)C[C@H](C#N)C[C@@H]2C[C@@H](CCCC[C@H](CC(=O)c3cc4c(F)cc(F)c(F)c4[nH]3)C(=O)N1C)NC2=O.CC(C)C[C@H]1C(=O)C[C@H](C#N)C[C@@H]2C[C@@H](CCCC[C@H](CC(=O)c3cc4c(F)cc(F)c(F)c4[nH]3)C(=O)N1C)NC2=O.CC(C)C[C@H]1C(=O)C[C@H](C#N)C[C@@H]2C[C@@H](CCCC[C@H](N)C(=O)N1C)NC2=O.Cl.O=C(O)c1cc2c(F)cc(F)c(F)c2[nH]1. The Morgan fingerprint density at radius 2 is 0.688 bits per heavy atom. The Kier molecular flexibility index (Phi) is 36.7. The van der Waals surface area contributed by atoms with Gasteiger partial charge in [0.15, 0.2) is 63.8 Å². The van der Waals surface area contributed by atoms with Gasteiger partial charge in [0.05, 0.1) is 88.1 Å². The largest absolute Gasteiger partial charge is 0.477 e. The first-order valence-electron chi connectivity index (χ1n) is 43.5. The van der Waals surface area contributed by atoms with E-state index in [2.05, 4.69) is 49.1 Å². The number of aromatic nitrogens is 3. The topological polar surface area (TPSA) is 416 Å². The van der Waals surface area contributed by atoms with Gasteiger partial charge in [-0.25, -0.2) is 44.3 Å². The summed E-state index contributed by atoms with van der Waals surface area (Å²) in [4.78, 5) is 166. The van der Waals surface area contributed by atoms with Gasteiger partial charge in [-0.15, -0.1) is 12.4 Å². The standard InChI is InChI=1S/2C31H37F3N4O4.C21H34N4O3.C9H4F3NO2.ClH/c2*1-16(2)8-25-27(40)10-17(15-35)9-19-11-20(36-30(19)41)7-5-4-6-18(31(42)38(25)3)12-26(39)24-13-21-22(32)14-23(33)28(34)29(21)37-24;1-13(2)8-18-19(26)10-14(12-22)9-15-11-16(24-20(15)27)6-4-5-7-17(23)21(28)25(18)3;10-4-2-5(11)7(12)8-3(4)1-6(13-8)9(14)15;/h2*13-14,16-20,25,37H,4-12H2,1-3H3,(H,36,41);13-18H,4-11,23H2,1-3H3,(H,24,27);1-2,13H,(H,14,15);1H/t2*17-,18-,19-,20-,25+;14-,15-,16-,17+,18+;;/m111../s1. The summed E-state index contributed by atoms with van der Waals surface area (Å²) in [5, 5.41) is 45.9. The van der Waals surface area contributed by atoms with Gasteiger partial charge in [0.1, 0.15) is 23.1 Å². The smallest absolute Gasteiger partial charge is 0.352 e. The lowest BCUT2D eigenvalue weighted by Gasteiger charge is -2.32. The lowest BCUT2D eigenvalue weighted by Crippen LogP contribution is -2.50. The summed E-state index contributed by atoms with van der Waals surface area (Å²) >= 11 is 0. The first-order chi connectivity index (χ1) is 60.0. The molecule has 0 spiro atoms. The fraction of sp³-hybridized carbons (Fsp3) is 0.576. The lowest BCUT2D eigenvalue weighted by atomic mass is 9.86. The van der Waals surface area contributed by atoms with Crippen LogP contribution in [0.15, 0.2) is 36.4 Å². The molecule has 6 saturated heterocycles. The quantitative estimate of drug-likeness (QED) is 0.0302. The predicted octanol–water partition coefficient (Wildman–Crippen LogP) is 14.9. The second-order valence-electron chi connectivity index (χ2n) is 36.2. The van der Waals surface area contributed by atoms with Crippen molar-refractivity contribution >= 4 is 115 Å². The number of carboxylic acids is 1. The van der Waals surface area contributed by atoms with E-state index in [1.165, 1.54) is 28.8 Å². The van der Waals surface area contributed by atoms with E-state index < -0.39 is 158 Å². The number of amides is 6. The van der Waals surface area contributed by atoms with E-state index in [4.69, 9.17) is 10.8 Å². The average molecular weight is 1820 g/mol. The van der Waals surface area contributed by atoms with Crippen molar-refractivity contribution in [2.75, 3.05) is 21.1 Å². The van der Waals surface area contributed by atoms with Crippen molar-refractivity contribution in [1.82, 2.24) is 45.6 Å². The molecule has 9 heterocycles. The maximum Gasteiger partial charge on any atom is 0.352 e. The summed E-state index contributed by atoms with van der Waals surface area (Å²) in [5.41, 5.74) is 4.01. The maximum atomic E-state index is 14.3. The third-order valence-electron chi connectivity index (χ3n) is 25.1. The average Bonchev–Trinajstić information content (AvgIpc) is 1.64. The monoisotopic (exact) mass is 1810 g/mol. The van der Waals surface area contributed by atoms with Crippen LogP contribution in [-0.2, 0) is 43.2 Å². The molecule has 6 bridgehead atoms. The molecule has 6 aromatic rings. The highest BCUT2D eigenvalue weighted by molar-refractivity contribution is 6.04. The lowest BCUT2D eigenvalue weighted by molar-refractivity contribution is -0.142. The number of nitrogens with one attached hydrogen (secondary N) is 6. The van der Waals surface area contributed by atoms with Crippen LogP contribution in [0.1, 0.15) is 240 Å². The normalized spacial score (nSPS) is 25.7. The molecule has 694 valence electrons. The Morgan fingerprint density at radius 1 is 0.414 bits per heavy atom. The fourth-order valence-electron chi connectivity index (χ4n) is 18.2. The Morgan fingerprint density at radius 3 is 0.977 bits per heavy atom. The van der Waals surface area contributed by atoms with E-state index >= 15 is 0 Å². The minimum Gasteiger partial charge on any atom is -0.477 e. The van der Waals surface area contributed by atoms with Crippen molar-refractivity contribution in [3.8, 4) is 18.2 Å². The van der Waals surface area contributed by atoms with Crippen LogP contribution in [-0.4, -0.2) is 169 Å². The van der Waals surface area contributed by atoms with E-state index in [1.807, 2.05) is 41.5 Å². The Bertz CT molecular complexity index is 5040. The van der Waals surface area contributed by atoms with E-state index in [0.717, 1.165) is 37.5 Å². The van der Waals surface area contributed by atoms with Crippen molar-refractivity contribution in [3.63, 3.8) is 0 Å². The van der Waals surface area contributed by atoms with Crippen molar-refractivity contribution in [1.29, 1.82) is 15.8 Å². The number of carboxylic acid groups (broad SMARTS) is 1. The van der Waals surface area contributed by atoms with Gasteiger partial charge in [-0.1, -0.05) is 80.1 Å². The molecule has 3 aromatic heterocycles. The zero-order valence-corrected chi connectivity index (χ0v) is 74.0. The summed E-state index contributed by atoms with van der Waals surface area (Å²) in [6.07, 6.45) is 11.0.